The number of allylic oxidation sites excluding steroid dienone is 1. The molecule has 0 amide bonds. The van der Waals surface area contributed by atoms with Crippen molar-refractivity contribution in [3.8, 4) is 0 Å². The quantitative estimate of drug-likeness (QED) is 0.434. The summed E-state index contributed by atoms with van der Waals surface area (Å²) in [4.78, 5) is 20.6. The molecule has 206 valence electrons. The predicted octanol–water partition coefficient (Wildman–Crippen LogP) is 3.36. The number of piperazine rings is 1. The minimum atomic E-state index is 0.266. The molecule has 38 heavy (non-hydrogen) atoms. The average Bonchev–Trinajstić information content (AvgIpc) is 3.74. The van der Waals surface area contributed by atoms with Crippen molar-refractivity contribution in [3.63, 3.8) is 0 Å². The number of nitrogens with one attached hydrogen (secondary N) is 2. The topological polar surface area (TPSA) is 117 Å². The van der Waals surface area contributed by atoms with Gasteiger partial charge in [-0.3, -0.25) is 14.8 Å². The summed E-state index contributed by atoms with van der Waals surface area (Å²) in [5.41, 5.74) is 7.57. The molecule has 11 heteroatoms. The molecule has 2 aromatic rings. The molecule has 0 radical (unpaired) electrons. The van der Waals surface area contributed by atoms with Crippen LogP contribution in [0, 0.1) is 6.92 Å². The van der Waals surface area contributed by atoms with Gasteiger partial charge in [0, 0.05) is 69.9 Å². The van der Waals surface area contributed by atoms with Crippen LogP contribution in [0.5, 0.6) is 0 Å². The highest BCUT2D eigenvalue weighted by Crippen LogP contribution is 2.33. The number of aryl methyl sites for hydroxylation is 1. The molecule has 0 unspecified atom stereocenters. The highest BCUT2D eigenvalue weighted by atomic mass is 32.1. The van der Waals surface area contributed by atoms with Crippen LogP contribution in [-0.4, -0.2) is 93.9 Å². The van der Waals surface area contributed by atoms with Crippen molar-refractivity contribution in [2.24, 2.45) is 10.7 Å². The van der Waals surface area contributed by atoms with E-state index in [2.05, 4.69) is 24.8 Å². The first-order valence-corrected chi connectivity index (χ1v) is 15.1. The Labute approximate surface area is 229 Å². The second-order valence-corrected chi connectivity index (χ2v) is 11.9. The summed E-state index contributed by atoms with van der Waals surface area (Å²) < 4.78 is 10.00. The zero-order valence-electron chi connectivity index (χ0n) is 22.4. The zero-order valence-corrected chi connectivity index (χ0v) is 23.3. The van der Waals surface area contributed by atoms with Crippen molar-refractivity contribution in [2.75, 3.05) is 50.0 Å². The van der Waals surface area contributed by atoms with Crippen LogP contribution < -0.4 is 16.4 Å². The fraction of sp³-hybridized carbons (Fsp3) is 0.704. The van der Waals surface area contributed by atoms with E-state index in [-0.39, 0.29) is 6.04 Å². The van der Waals surface area contributed by atoms with E-state index in [1.807, 2.05) is 6.92 Å². The third-order valence-corrected chi connectivity index (χ3v) is 9.36. The lowest BCUT2D eigenvalue weighted by atomic mass is 9.89. The Kier molecular flexibility index (Phi) is 8.05. The molecule has 0 bridgehead atoms. The summed E-state index contributed by atoms with van der Waals surface area (Å²) in [6.07, 6.45) is 12.8. The van der Waals surface area contributed by atoms with E-state index in [1.54, 1.807) is 6.21 Å². The number of fused-ring (bicyclic) bond motifs is 1. The van der Waals surface area contributed by atoms with E-state index in [9.17, 15) is 0 Å². The van der Waals surface area contributed by atoms with Gasteiger partial charge in [-0.05, 0) is 69.8 Å². The molecule has 6 rings (SSSR count). The highest BCUT2D eigenvalue weighted by molar-refractivity contribution is 7.13. The molecule has 4 fully saturated rings. The molecule has 0 aromatic carbocycles. The van der Waals surface area contributed by atoms with Crippen molar-refractivity contribution in [1.82, 2.24) is 24.1 Å². The number of anilines is 2. The molecular formula is C27H41N9OS. The van der Waals surface area contributed by atoms with Gasteiger partial charge in [0.25, 0.3) is 0 Å². The first-order valence-electron chi connectivity index (χ1n) is 14.3. The summed E-state index contributed by atoms with van der Waals surface area (Å²) in [6, 6.07) is 2.28. The van der Waals surface area contributed by atoms with Crippen LogP contribution in [0.1, 0.15) is 57.1 Å². The van der Waals surface area contributed by atoms with Gasteiger partial charge in [-0.25, -0.2) is 0 Å². The third-order valence-electron chi connectivity index (χ3n) is 8.52. The lowest BCUT2D eigenvalue weighted by molar-refractivity contribution is 0.0737. The van der Waals surface area contributed by atoms with Crippen LogP contribution in [0.2, 0.25) is 0 Å². The van der Waals surface area contributed by atoms with E-state index in [1.165, 1.54) is 69.6 Å². The number of hydrogen-bond donors (Lipinski definition) is 3. The van der Waals surface area contributed by atoms with Gasteiger partial charge >= 0.3 is 0 Å². The Bertz CT molecular complexity index is 1140. The number of rotatable bonds is 8. The van der Waals surface area contributed by atoms with Crippen LogP contribution in [0.3, 0.4) is 0 Å². The van der Waals surface area contributed by atoms with Crippen LogP contribution in [0.4, 0.5) is 11.8 Å². The Morgan fingerprint density at radius 3 is 2.26 bits per heavy atom. The predicted molar refractivity (Wildman–Crippen MR) is 154 cm³/mol. The maximum atomic E-state index is 5.91. The third kappa shape index (κ3) is 6.11. The zero-order chi connectivity index (χ0) is 25.9. The summed E-state index contributed by atoms with van der Waals surface area (Å²) >= 11 is 1.41. The van der Waals surface area contributed by atoms with Gasteiger partial charge in [0.1, 0.15) is 5.82 Å². The number of aliphatic imine (C=N–C) groups is 1. The molecule has 4 N–H and O–H groups in total. The molecule has 0 atom stereocenters. The molecule has 4 aliphatic rings. The highest BCUT2D eigenvalue weighted by Gasteiger charge is 2.34. The normalized spacial score (nSPS) is 26.8. The number of nitrogens with two attached hydrogens (primary N) is 1. The fourth-order valence-corrected chi connectivity index (χ4v) is 6.88. The van der Waals surface area contributed by atoms with Crippen molar-refractivity contribution in [3.05, 3.63) is 17.6 Å². The van der Waals surface area contributed by atoms with Crippen LogP contribution in [-0.2, 0) is 4.74 Å². The number of aromatic nitrogens is 3. The minimum absolute atomic E-state index is 0.266. The van der Waals surface area contributed by atoms with Crippen LogP contribution in [0.25, 0.3) is 10.2 Å². The van der Waals surface area contributed by atoms with Crippen molar-refractivity contribution in [1.29, 1.82) is 0 Å². The maximum absolute atomic E-state index is 5.91. The average molecular weight is 540 g/mol. The maximum Gasteiger partial charge on any atom is 0.230 e. The van der Waals surface area contributed by atoms with Gasteiger partial charge in [-0.2, -0.15) is 14.3 Å². The Balaban J connectivity index is 1.09. The Morgan fingerprint density at radius 2 is 1.63 bits per heavy atom. The standard InChI is InChI=1S/C27H41N9OS/c1-18-24-25(30-20-2-4-22(5-3-20)35-10-12-36(13-11-35)23-6-7-23)32-27(33-26(24)38-34-18)31-21(16-28)17-29-19-8-14-37-15-9-19/h16-17,19-20,22-23H,2-15,28H2,1H3,(H2,30,31,32,33). The number of nitrogens with zero attached hydrogens (tertiary/aromatic N) is 6. The fourth-order valence-electron chi connectivity index (χ4n) is 6.10. The molecule has 2 aromatic heterocycles. The molecule has 2 aliphatic heterocycles. The van der Waals surface area contributed by atoms with Gasteiger partial charge in [0.15, 0.2) is 4.83 Å². The molecule has 4 heterocycles. The summed E-state index contributed by atoms with van der Waals surface area (Å²) in [5.74, 6) is 1.38. The Hall–Kier alpha value is -2.34. The lowest BCUT2D eigenvalue weighted by Gasteiger charge is -2.42. The number of hydrogen-bond acceptors (Lipinski definition) is 11. The van der Waals surface area contributed by atoms with Gasteiger partial charge in [-0.1, -0.05) is 0 Å². The van der Waals surface area contributed by atoms with Crippen LogP contribution in [0.15, 0.2) is 16.9 Å². The summed E-state index contributed by atoms with van der Waals surface area (Å²) in [7, 11) is 0. The molecule has 10 nitrogen and oxygen atoms in total. The van der Waals surface area contributed by atoms with Crippen molar-refractivity contribution in [2.45, 2.75) is 82.5 Å². The van der Waals surface area contributed by atoms with E-state index in [4.69, 9.17) is 25.4 Å². The van der Waals surface area contributed by atoms with Crippen molar-refractivity contribution < 1.29 is 4.74 Å². The SMILES string of the molecule is Cc1nsc2nc(NC(C=NC3CCOCC3)=CN)nc(NC3CCC(N4CCN(C5CC5)CC4)CC3)c12. The smallest absolute Gasteiger partial charge is 0.230 e. The summed E-state index contributed by atoms with van der Waals surface area (Å²) in [5, 5.41) is 8.07. The van der Waals surface area contributed by atoms with E-state index < -0.39 is 0 Å². The lowest BCUT2D eigenvalue weighted by Crippen LogP contribution is -2.52. The monoisotopic (exact) mass is 539 g/mol. The first kappa shape index (κ1) is 25.9. The molecule has 2 saturated carbocycles. The van der Waals surface area contributed by atoms with Gasteiger partial charge in [0.05, 0.1) is 22.8 Å². The largest absolute Gasteiger partial charge is 0.403 e. The van der Waals surface area contributed by atoms with Gasteiger partial charge in [-0.15, -0.1) is 0 Å². The minimum Gasteiger partial charge on any atom is -0.403 e. The van der Waals surface area contributed by atoms with E-state index >= 15 is 0 Å². The molecular weight excluding hydrogens is 498 g/mol. The molecule has 2 saturated heterocycles. The second kappa shape index (κ2) is 11.8. The molecule has 2 aliphatic carbocycles. The summed E-state index contributed by atoms with van der Waals surface area (Å²) in [6.45, 7) is 8.52. The second-order valence-electron chi connectivity index (χ2n) is 11.2. The van der Waals surface area contributed by atoms with E-state index in [0.717, 1.165) is 66.7 Å². The Morgan fingerprint density at radius 1 is 0.974 bits per heavy atom. The van der Waals surface area contributed by atoms with Gasteiger partial charge in [0.2, 0.25) is 5.95 Å². The number of ether oxygens (including phenoxy) is 1. The van der Waals surface area contributed by atoms with Crippen molar-refractivity contribution >= 4 is 39.7 Å². The van der Waals surface area contributed by atoms with Crippen LogP contribution >= 0.6 is 11.5 Å². The van der Waals surface area contributed by atoms with E-state index in [0.29, 0.717) is 23.7 Å². The molecule has 0 spiro atoms. The first-order chi connectivity index (χ1) is 18.7. The van der Waals surface area contributed by atoms with Gasteiger partial charge < -0.3 is 21.1 Å².